The average molecular weight is 507 g/mol. The summed E-state index contributed by atoms with van der Waals surface area (Å²) in [6.45, 7) is 2.16. The minimum absolute atomic E-state index is 0.00885. The van der Waals surface area contributed by atoms with Gasteiger partial charge in [-0.15, -0.1) is 0 Å². The number of amides is 5. The van der Waals surface area contributed by atoms with Crippen LogP contribution in [-0.2, 0) is 26.5 Å². The summed E-state index contributed by atoms with van der Waals surface area (Å²) in [5, 5.41) is 5.11. The lowest BCUT2D eigenvalue weighted by atomic mass is 9.87. The second-order valence-corrected chi connectivity index (χ2v) is 9.69. The molecule has 2 heterocycles. The summed E-state index contributed by atoms with van der Waals surface area (Å²) in [7, 11) is 1.50. The van der Waals surface area contributed by atoms with E-state index >= 15 is 0 Å². The van der Waals surface area contributed by atoms with Crippen LogP contribution in [0.3, 0.4) is 0 Å². The highest BCUT2D eigenvalue weighted by atomic mass is 16.6. The number of benzene rings is 2. The quantitative estimate of drug-likeness (QED) is 0.596. The summed E-state index contributed by atoms with van der Waals surface area (Å²) in [5.74, 6) is -0.133. The molecule has 1 aliphatic carbocycles. The number of hydrogen-bond acceptors (Lipinski definition) is 6. The van der Waals surface area contributed by atoms with E-state index in [1.165, 1.54) is 7.05 Å². The molecule has 1 spiro atoms. The largest absolute Gasteiger partial charge is 0.493 e. The Kier molecular flexibility index (Phi) is 6.49. The number of carbonyl (C=O) groups is 4. The predicted octanol–water partition coefficient (Wildman–Crippen LogP) is 3.22. The molecule has 2 atom stereocenters. The van der Waals surface area contributed by atoms with Crippen LogP contribution in [0.5, 0.6) is 5.75 Å². The number of anilines is 1. The lowest BCUT2D eigenvalue weighted by Gasteiger charge is -2.32. The molecule has 3 aliphatic rings. The summed E-state index contributed by atoms with van der Waals surface area (Å²) < 4.78 is 11.4. The fraction of sp³-hybridized carbons (Fsp3) is 0.407. The number of rotatable bonds is 7. The van der Waals surface area contributed by atoms with Crippen molar-refractivity contribution in [2.45, 2.75) is 44.4 Å². The third-order valence-electron chi connectivity index (χ3n) is 7.29. The van der Waals surface area contributed by atoms with Crippen LogP contribution in [0.1, 0.15) is 37.3 Å². The highest BCUT2D eigenvalue weighted by Crippen LogP contribution is 2.46. The Morgan fingerprint density at radius 2 is 1.92 bits per heavy atom. The molecule has 1 unspecified atom stereocenters. The molecular weight excluding hydrogens is 476 g/mol. The molecule has 1 saturated carbocycles. The first-order valence-electron chi connectivity index (χ1n) is 12.5. The number of ether oxygens (including phenoxy) is 2. The lowest BCUT2D eigenvalue weighted by molar-refractivity contribution is -0.144. The molecule has 2 aromatic carbocycles. The van der Waals surface area contributed by atoms with Crippen molar-refractivity contribution in [1.82, 2.24) is 15.1 Å². The van der Waals surface area contributed by atoms with Crippen LogP contribution in [-0.4, -0.2) is 60.0 Å². The molecular formula is C27H30N4O6. The smallest absolute Gasteiger partial charge is 0.418 e. The maximum absolute atomic E-state index is 13.7. The molecule has 1 saturated heterocycles. The Bertz CT molecular complexity index is 1230. The first-order valence-corrected chi connectivity index (χ1v) is 12.5. The Labute approximate surface area is 214 Å². The van der Waals surface area contributed by atoms with Gasteiger partial charge in [0.25, 0.3) is 5.91 Å². The van der Waals surface area contributed by atoms with Crippen LogP contribution >= 0.6 is 0 Å². The van der Waals surface area contributed by atoms with Crippen LogP contribution in [0.2, 0.25) is 0 Å². The Morgan fingerprint density at radius 3 is 2.62 bits per heavy atom. The van der Waals surface area contributed by atoms with Gasteiger partial charge in [0, 0.05) is 43.4 Å². The number of fused-ring (bicyclic) bond motifs is 2. The van der Waals surface area contributed by atoms with Crippen molar-refractivity contribution < 1.29 is 28.7 Å². The number of nitrogens with zero attached hydrogens (tertiary/aromatic N) is 2. The van der Waals surface area contributed by atoms with E-state index < -0.39 is 30.2 Å². The van der Waals surface area contributed by atoms with Gasteiger partial charge in [-0.05, 0) is 43.4 Å². The van der Waals surface area contributed by atoms with E-state index in [4.69, 9.17) is 9.47 Å². The molecule has 10 nitrogen and oxygen atoms in total. The van der Waals surface area contributed by atoms with Gasteiger partial charge in [0.1, 0.15) is 12.3 Å². The van der Waals surface area contributed by atoms with E-state index in [1.807, 2.05) is 37.3 Å². The van der Waals surface area contributed by atoms with Crippen LogP contribution in [0, 0.1) is 5.92 Å². The topological polar surface area (TPSA) is 117 Å². The van der Waals surface area contributed by atoms with Gasteiger partial charge < -0.3 is 25.0 Å². The van der Waals surface area contributed by atoms with E-state index in [0.29, 0.717) is 29.5 Å². The molecule has 0 radical (unpaired) electrons. The first kappa shape index (κ1) is 24.6. The van der Waals surface area contributed by atoms with Crippen LogP contribution in [0.15, 0.2) is 48.5 Å². The molecule has 37 heavy (non-hydrogen) atoms. The van der Waals surface area contributed by atoms with Crippen molar-refractivity contribution in [3.8, 4) is 5.75 Å². The normalized spacial score (nSPS) is 21.1. The molecule has 5 amide bonds. The summed E-state index contributed by atoms with van der Waals surface area (Å²) in [5.41, 5.74) is 0.268. The molecule has 194 valence electrons. The zero-order valence-electron chi connectivity index (χ0n) is 20.9. The second kappa shape index (κ2) is 9.76. The average Bonchev–Trinajstić information content (AvgIpc) is 3.72. The third kappa shape index (κ3) is 4.71. The maximum Gasteiger partial charge on any atom is 0.418 e. The predicted molar refractivity (Wildman–Crippen MR) is 134 cm³/mol. The van der Waals surface area contributed by atoms with E-state index in [1.54, 1.807) is 23.1 Å². The molecule has 0 bridgehead atoms. The van der Waals surface area contributed by atoms with Crippen molar-refractivity contribution in [3.63, 3.8) is 0 Å². The summed E-state index contributed by atoms with van der Waals surface area (Å²) >= 11 is 0. The minimum Gasteiger partial charge on any atom is -0.493 e. The van der Waals surface area contributed by atoms with Gasteiger partial charge in [-0.2, -0.15) is 0 Å². The van der Waals surface area contributed by atoms with Gasteiger partial charge in [0.15, 0.2) is 0 Å². The Morgan fingerprint density at radius 1 is 1.16 bits per heavy atom. The molecule has 2 aliphatic heterocycles. The second-order valence-electron chi connectivity index (χ2n) is 9.69. The van der Waals surface area contributed by atoms with Crippen molar-refractivity contribution in [2.24, 2.45) is 5.92 Å². The van der Waals surface area contributed by atoms with Crippen molar-refractivity contribution in [1.29, 1.82) is 0 Å². The molecule has 5 rings (SSSR count). The van der Waals surface area contributed by atoms with Gasteiger partial charge in [0.2, 0.25) is 11.5 Å². The highest BCUT2D eigenvalue weighted by molar-refractivity contribution is 6.06. The summed E-state index contributed by atoms with van der Waals surface area (Å²) in [4.78, 5) is 54.5. The van der Waals surface area contributed by atoms with Crippen LogP contribution in [0.4, 0.5) is 15.3 Å². The van der Waals surface area contributed by atoms with E-state index in [9.17, 15) is 19.2 Å². The van der Waals surface area contributed by atoms with Gasteiger partial charge in [-0.25, -0.2) is 14.5 Å². The van der Waals surface area contributed by atoms with Crippen LogP contribution < -0.4 is 15.4 Å². The third-order valence-corrected chi connectivity index (χ3v) is 7.29. The SMILES string of the molecule is CNC(=O)Nc1ccc2c(c1)OCCC21OC(=O)N(CC(=O)N(Cc2ccccc2)[C@@H](C)C2CC2)C1=O. The molecule has 2 N–H and O–H groups in total. The number of nitrogens with one attached hydrogen (secondary N) is 2. The van der Waals surface area contributed by atoms with E-state index in [0.717, 1.165) is 23.3 Å². The minimum atomic E-state index is -1.57. The zero-order valence-corrected chi connectivity index (χ0v) is 20.9. The number of imide groups is 1. The molecule has 2 aromatic rings. The van der Waals surface area contributed by atoms with Gasteiger partial charge in [-0.3, -0.25) is 9.59 Å². The fourth-order valence-electron chi connectivity index (χ4n) is 5.00. The Balaban J connectivity index is 1.37. The Hall–Kier alpha value is -4.08. The van der Waals surface area contributed by atoms with Crippen molar-refractivity contribution in [3.05, 3.63) is 59.7 Å². The van der Waals surface area contributed by atoms with Crippen molar-refractivity contribution in [2.75, 3.05) is 25.5 Å². The van der Waals surface area contributed by atoms with Gasteiger partial charge in [0.05, 0.1) is 6.61 Å². The van der Waals surface area contributed by atoms with E-state index in [-0.39, 0.29) is 25.0 Å². The number of hydrogen-bond donors (Lipinski definition) is 2. The van der Waals surface area contributed by atoms with Crippen molar-refractivity contribution >= 4 is 29.6 Å². The fourth-order valence-corrected chi connectivity index (χ4v) is 5.00. The number of carbonyl (C=O) groups excluding carboxylic acids is 4. The maximum atomic E-state index is 13.7. The summed E-state index contributed by atoms with van der Waals surface area (Å²) in [6.07, 6.45) is 1.39. The number of urea groups is 1. The highest BCUT2D eigenvalue weighted by Gasteiger charge is 2.58. The van der Waals surface area contributed by atoms with Crippen LogP contribution in [0.25, 0.3) is 0 Å². The lowest BCUT2D eigenvalue weighted by Crippen LogP contribution is -2.48. The van der Waals surface area contributed by atoms with E-state index in [2.05, 4.69) is 10.6 Å². The van der Waals surface area contributed by atoms with Gasteiger partial charge >= 0.3 is 12.1 Å². The molecule has 2 fully saturated rings. The first-order chi connectivity index (χ1) is 17.8. The zero-order chi connectivity index (χ0) is 26.2. The summed E-state index contributed by atoms with van der Waals surface area (Å²) in [6, 6.07) is 14.1. The standard InChI is InChI=1S/C27H30N4O6/c1-17(19-8-9-19)30(15-18-6-4-3-5-7-18)23(32)16-31-24(33)27(37-26(31)35)12-13-36-22-14-20(10-11-21(22)27)29-25(34)28-2/h3-7,10-11,14,17,19H,8-9,12-13,15-16H2,1-2H3,(H2,28,29,34)/t17-,27?/m0/s1. The monoisotopic (exact) mass is 506 g/mol. The molecule has 10 heteroatoms. The van der Waals surface area contributed by atoms with Gasteiger partial charge in [-0.1, -0.05) is 30.3 Å². The molecule has 0 aromatic heterocycles.